The molecule has 1 N–H and O–H groups in total. The summed E-state index contributed by atoms with van der Waals surface area (Å²) >= 11 is 0. The molecule has 0 saturated carbocycles. The fourth-order valence-electron chi connectivity index (χ4n) is 2.11. The summed E-state index contributed by atoms with van der Waals surface area (Å²) in [5, 5.41) is 2.68. The summed E-state index contributed by atoms with van der Waals surface area (Å²) in [6.07, 6.45) is -9.71. The van der Waals surface area contributed by atoms with Crippen molar-refractivity contribution in [3.8, 4) is 0 Å². The lowest BCUT2D eigenvalue weighted by Gasteiger charge is -2.19. The van der Waals surface area contributed by atoms with Gasteiger partial charge in [-0.25, -0.2) is 0 Å². The van der Waals surface area contributed by atoms with Gasteiger partial charge in [0.15, 0.2) is 0 Å². The van der Waals surface area contributed by atoms with Gasteiger partial charge in [-0.1, -0.05) is 30.3 Å². The van der Waals surface area contributed by atoms with E-state index in [0.29, 0.717) is 12.1 Å². The molecule has 0 spiro atoms. The SMILES string of the molecule is CC(Nc1cc(C(F)(F)F)cc(C(F)(F)F)c1)c1ccccc1. The molecule has 0 heterocycles. The van der Waals surface area contributed by atoms with Gasteiger partial charge in [-0.15, -0.1) is 0 Å². The molecule has 0 aliphatic heterocycles. The van der Waals surface area contributed by atoms with E-state index in [4.69, 9.17) is 0 Å². The van der Waals surface area contributed by atoms with E-state index in [9.17, 15) is 26.3 Å². The van der Waals surface area contributed by atoms with Crippen LogP contribution in [0.15, 0.2) is 48.5 Å². The lowest BCUT2D eigenvalue weighted by Crippen LogP contribution is -2.13. The van der Waals surface area contributed by atoms with Crippen LogP contribution in [0.4, 0.5) is 32.0 Å². The minimum Gasteiger partial charge on any atom is -0.378 e. The lowest BCUT2D eigenvalue weighted by molar-refractivity contribution is -0.143. The van der Waals surface area contributed by atoms with E-state index >= 15 is 0 Å². The summed E-state index contributed by atoms with van der Waals surface area (Å²) in [7, 11) is 0. The molecule has 1 atom stereocenters. The summed E-state index contributed by atoms with van der Waals surface area (Å²) in [5.41, 5.74) is -2.16. The highest BCUT2D eigenvalue weighted by atomic mass is 19.4. The van der Waals surface area contributed by atoms with Gasteiger partial charge in [-0.05, 0) is 30.7 Å². The molecule has 0 radical (unpaired) electrons. The highest BCUT2D eigenvalue weighted by Gasteiger charge is 2.37. The summed E-state index contributed by atoms with van der Waals surface area (Å²) < 4.78 is 76.8. The maximum absolute atomic E-state index is 12.8. The van der Waals surface area contributed by atoms with Crippen molar-refractivity contribution in [1.82, 2.24) is 0 Å². The highest BCUT2D eigenvalue weighted by molar-refractivity contribution is 5.51. The predicted octanol–water partition coefficient (Wildman–Crippen LogP) is 5.90. The third-order valence-electron chi connectivity index (χ3n) is 3.27. The van der Waals surface area contributed by atoms with Crippen LogP contribution in [0.25, 0.3) is 0 Å². The van der Waals surface area contributed by atoms with E-state index in [2.05, 4.69) is 5.32 Å². The van der Waals surface area contributed by atoms with E-state index in [1.54, 1.807) is 37.3 Å². The largest absolute Gasteiger partial charge is 0.416 e. The minimum absolute atomic E-state index is 0.109. The Kier molecular flexibility index (Phi) is 4.58. The zero-order valence-electron chi connectivity index (χ0n) is 12.0. The van der Waals surface area contributed by atoms with Crippen LogP contribution in [0, 0.1) is 0 Å². The molecule has 0 amide bonds. The first kappa shape index (κ1) is 17.2. The van der Waals surface area contributed by atoms with Crippen LogP contribution in [0.1, 0.15) is 29.7 Å². The highest BCUT2D eigenvalue weighted by Crippen LogP contribution is 2.38. The third kappa shape index (κ3) is 4.40. The molecule has 2 aromatic rings. The van der Waals surface area contributed by atoms with E-state index in [1.807, 2.05) is 0 Å². The van der Waals surface area contributed by atoms with Crippen molar-refractivity contribution < 1.29 is 26.3 Å². The quantitative estimate of drug-likeness (QED) is 0.690. The Balaban J connectivity index is 2.38. The second kappa shape index (κ2) is 6.14. The van der Waals surface area contributed by atoms with E-state index in [-0.39, 0.29) is 11.8 Å². The molecule has 0 bridgehead atoms. The third-order valence-corrected chi connectivity index (χ3v) is 3.27. The molecule has 7 heteroatoms. The molecule has 1 unspecified atom stereocenters. The normalized spacial score (nSPS) is 13.7. The molecular formula is C16H13F6N. The molecule has 2 rings (SSSR count). The van der Waals surface area contributed by atoms with Crippen LogP contribution < -0.4 is 5.32 Å². The van der Waals surface area contributed by atoms with Crippen LogP contribution in [-0.2, 0) is 12.4 Å². The monoisotopic (exact) mass is 333 g/mol. The van der Waals surface area contributed by atoms with Gasteiger partial charge in [0.25, 0.3) is 0 Å². The van der Waals surface area contributed by atoms with E-state index in [1.165, 1.54) is 0 Å². The summed E-state index contributed by atoms with van der Waals surface area (Å²) in [5.74, 6) is 0. The second-order valence-electron chi connectivity index (χ2n) is 5.07. The first-order valence-electron chi connectivity index (χ1n) is 6.68. The summed E-state index contributed by atoms with van der Waals surface area (Å²) in [4.78, 5) is 0. The van der Waals surface area contributed by atoms with Crippen LogP contribution in [0.2, 0.25) is 0 Å². The Morgan fingerprint density at radius 2 is 1.26 bits per heavy atom. The molecule has 124 valence electrons. The number of alkyl halides is 6. The average Bonchev–Trinajstić information content (AvgIpc) is 2.46. The fraction of sp³-hybridized carbons (Fsp3) is 0.250. The standard InChI is InChI=1S/C16H13F6N/c1-10(11-5-3-2-4-6-11)23-14-8-12(15(17,18)19)7-13(9-14)16(20,21)22/h2-10,23H,1H3. The Hall–Kier alpha value is -2.18. The maximum Gasteiger partial charge on any atom is 0.416 e. The van der Waals surface area contributed by atoms with Gasteiger partial charge in [0.2, 0.25) is 0 Å². The number of hydrogen-bond acceptors (Lipinski definition) is 1. The van der Waals surface area contributed by atoms with Gasteiger partial charge < -0.3 is 5.32 Å². The van der Waals surface area contributed by atoms with Gasteiger partial charge in [0.05, 0.1) is 11.1 Å². The van der Waals surface area contributed by atoms with Gasteiger partial charge in [0, 0.05) is 11.7 Å². The number of anilines is 1. The summed E-state index contributed by atoms with van der Waals surface area (Å²) in [6, 6.07) is 9.72. The number of hydrogen-bond donors (Lipinski definition) is 1. The van der Waals surface area contributed by atoms with Crippen molar-refractivity contribution in [1.29, 1.82) is 0 Å². The molecular weight excluding hydrogens is 320 g/mol. The van der Waals surface area contributed by atoms with Gasteiger partial charge in [0.1, 0.15) is 0 Å². The number of benzene rings is 2. The van der Waals surface area contributed by atoms with E-state index < -0.39 is 29.5 Å². The van der Waals surface area contributed by atoms with E-state index in [0.717, 1.165) is 5.56 Å². The van der Waals surface area contributed by atoms with Gasteiger partial charge in [-0.3, -0.25) is 0 Å². The fourth-order valence-corrected chi connectivity index (χ4v) is 2.11. The first-order chi connectivity index (χ1) is 10.6. The smallest absolute Gasteiger partial charge is 0.378 e. The average molecular weight is 333 g/mol. The van der Waals surface area contributed by atoms with Crippen LogP contribution in [-0.4, -0.2) is 0 Å². The first-order valence-corrected chi connectivity index (χ1v) is 6.68. The Labute approximate surface area is 128 Å². The van der Waals surface area contributed by atoms with Crippen molar-refractivity contribution in [2.24, 2.45) is 0 Å². The molecule has 0 aromatic heterocycles. The second-order valence-corrected chi connectivity index (χ2v) is 5.07. The molecule has 2 aromatic carbocycles. The van der Waals surface area contributed by atoms with Crippen molar-refractivity contribution in [3.63, 3.8) is 0 Å². The number of nitrogens with one attached hydrogen (secondary N) is 1. The molecule has 0 fully saturated rings. The minimum atomic E-state index is -4.85. The predicted molar refractivity (Wildman–Crippen MR) is 74.9 cm³/mol. The molecule has 23 heavy (non-hydrogen) atoms. The molecule has 1 nitrogen and oxygen atoms in total. The zero-order valence-corrected chi connectivity index (χ0v) is 12.0. The van der Waals surface area contributed by atoms with Crippen LogP contribution >= 0.6 is 0 Å². The molecule has 0 aliphatic rings. The Morgan fingerprint density at radius 1 is 0.783 bits per heavy atom. The van der Waals surface area contributed by atoms with Crippen LogP contribution in [0.5, 0.6) is 0 Å². The van der Waals surface area contributed by atoms with Gasteiger partial charge >= 0.3 is 12.4 Å². The lowest BCUT2D eigenvalue weighted by atomic mass is 10.1. The van der Waals surface area contributed by atoms with Crippen molar-refractivity contribution >= 4 is 5.69 Å². The van der Waals surface area contributed by atoms with Crippen molar-refractivity contribution in [3.05, 3.63) is 65.2 Å². The number of rotatable bonds is 3. The van der Waals surface area contributed by atoms with Gasteiger partial charge in [-0.2, -0.15) is 26.3 Å². The Morgan fingerprint density at radius 3 is 1.70 bits per heavy atom. The zero-order chi connectivity index (χ0) is 17.3. The molecule has 0 aliphatic carbocycles. The maximum atomic E-state index is 12.8. The Bertz CT molecular complexity index is 628. The topological polar surface area (TPSA) is 12.0 Å². The molecule has 0 saturated heterocycles. The van der Waals surface area contributed by atoms with Crippen molar-refractivity contribution in [2.75, 3.05) is 5.32 Å². The summed E-state index contributed by atoms with van der Waals surface area (Å²) in [6.45, 7) is 1.66. The number of halogens is 6. The van der Waals surface area contributed by atoms with Crippen LogP contribution in [0.3, 0.4) is 0 Å². The van der Waals surface area contributed by atoms with Crippen molar-refractivity contribution in [2.45, 2.75) is 25.3 Å².